The van der Waals surface area contributed by atoms with E-state index in [4.69, 9.17) is 9.57 Å². The van der Waals surface area contributed by atoms with E-state index in [-0.39, 0.29) is 23.8 Å². The number of ether oxygens (including phenoxy) is 1. The molecule has 1 aromatic carbocycles. The minimum atomic E-state index is -0.605. The van der Waals surface area contributed by atoms with Crippen molar-refractivity contribution in [3.63, 3.8) is 0 Å². The molecule has 0 spiro atoms. The highest BCUT2D eigenvalue weighted by Gasteiger charge is 2.26. The minimum Gasteiger partial charge on any atom is -0.503 e. The molecular weight excluding hydrogens is 413 g/mol. The van der Waals surface area contributed by atoms with Gasteiger partial charge >= 0.3 is 0 Å². The van der Waals surface area contributed by atoms with Crippen LogP contribution in [0.25, 0.3) is 0 Å². The quantitative estimate of drug-likeness (QED) is 0.482. The lowest BCUT2D eigenvalue weighted by Crippen LogP contribution is -2.38. The standard InChI is InChI=1S/C20H26FN3O5S/c1-28-24(12-14-3-4-15(21)11-17(14)30-2)19(26)16-13-23(20(27)18(16)25)6-5-22-7-9-29-10-8-22/h3-4,11,13,25,27H,5-10,12H2,1-2H3. The normalized spacial score (nSPS) is 14.8. The summed E-state index contributed by atoms with van der Waals surface area (Å²) in [5.41, 5.74) is 0.638. The molecule has 3 rings (SSSR count). The molecule has 2 aromatic rings. The van der Waals surface area contributed by atoms with Crippen molar-refractivity contribution >= 4 is 17.7 Å². The Labute approximate surface area is 178 Å². The summed E-state index contributed by atoms with van der Waals surface area (Å²) in [6, 6.07) is 4.30. The first-order valence-corrected chi connectivity index (χ1v) is 10.8. The molecule has 0 unspecified atom stereocenters. The molecule has 8 nitrogen and oxygen atoms in total. The zero-order chi connectivity index (χ0) is 21.7. The summed E-state index contributed by atoms with van der Waals surface area (Å²) in [6.07, 6.45) is 3.23. The lowest BCUT2D eigenvalue weighted by Gasteiger charge is -2.26. The van der Waals surface area contributed by atoms with Crippen molar-refractivity contribution in [2.24, 2.45) is 0 Å². The van der Waals surface area contributed by atoms with E-state index in [2.05, 4.69) is 4.90 Å². The number of aromatic nitrogens is 1. The SMILES string of the molecule is CON(Cc1ccc(F)cc1SC)C(=O)c1cn(CCN2CCOCC2)c(O)c1O. The van der Waals surface area contributed by atoms with Crippen LogP contribution in [0.4, 0.5) is 4.39 Å². The molecule has 1 aliphatic heterocycles. The first kappa shape index (κ1) is 22.4. The molecule has 0 bridgehead atoms. The number of hydrogen-bond donors (Lipinski definition) is 2. The Morgan fingerprint density at radius 1 is 1.30 bits per heavy atom. The molecule has 1 amide bonds. The van der Waals surface area contributed by atoms with Gasteiger partial charge in [-0.1, -0.05) is 6.07 Å². The summed E-state index contributed by atoms with van der Waals surface area (Å²) in [5.74, 6) is -1.83. The van der Waals surface area contributed by atoms with Crippen LogP contribution in [-0.2, 0) is 22.7 Å². The number of nitrogens with zero attached hydrogens (tertiary/aromatic N) is 3. The van der Waals surface area contributed by atoms with E-state index < -0.39 is 11.7 Å². The van der Waals surface area contributed by atoms with Crippen molar-refractivity contribution in [3.05, 3.63) is 41.3 Å². The summed E-state index contributed by atoms with van der Waals surface area (Å²) < 4.78 is 20.2. The molecule has 0 aliphatic carbocycles. The largest absolute Gasteiger partial charge is 0.503 e. The first-order valence-electron chi connectivity index (χ1n) is 9.54. The van der Waals surface area contributed by atoms with Gasteiger partial charge in [0.25, 0.3) is 5.91 Å². The second-order valence-electron chi connectivity index (χ2n) is 6.84. The molecule has 1 aliphatic rings. The van der Waals surface area contributed by atoms with Gasteiger partial charge in [0.2, 0.25) is 5.88 Å². The van der Waals surface area contributed by atoms with Gasteiger partial charge < -0.3 is 19.5 Å². The monoisotopic (exact) mass is 439 g/mol. The van der Waals surface area contributed by atoms with E-state index in [1.54, 1.807) is 6.07 Å². The van der Waals surface area contributed by atoms with E-state index in [0.29, 0.717) is 36.8 Å². The molecule has 1 aromatic heterocycles. The van der Waals surface area contributed by atoms with Gasteiger partial charge in [-0.3, -0.25) is 14.5 Å². The van der Waals surface area contributed by atoms with Crippen LogP contribution >= 0.6 is 11.8 Å². The third-order valence-corrected chi connectivity index (χ3v) is 5.84. The summed E-state index contributed by atoms with van der Waals surface area (Å²) in [4.78, 5) is 21.0. The maximum absolute atomic E-state index is 13.5. The van der Waals surface area contributed by atoms with Crippen molar-refractivity contribution in [1.82, 2.24) is 14.5 Å². The molecule has 164 valence electrons. The Hall–Kier alpha value is -2.27. The third-order valence-electron chi connectivity index (χ3n) is 5.03. The van der Waals surface area contributed by atoms with Gasteiger partial charge in [0.15, 0.2) is 5.75 Å². The molecule has 0 saturated carbocycles. The van der Waals surface area contributed by atoms with E-state index in [1.807, 2.05) is 6.26 Å². The Morgan fingerprint density at radius 3 is 2.70 bits per heavy atom. The van der Waals surface area contributed by atoms with E-state index in [9.17, 15) is 19.4 Å². The van der Waals surface area contributed by atoms with Crippen LogP contribution in [0.15, 0.2) is 29.3 Å². The average molecular weight is 440 g/mol. The van der Waals surface area contributed by atoms with Crippen LogP contribution in [0.5, 0.6) is 11.6 Å². The summed E-state index contributed by atoms with van der Waals surface area (Å²) in [6.45, 7) is 4.05. The fourth-order valence-electron chi connectivity index (χ4n) is 3.29. The zero-order valence-corrected chi connectivity index (χ0v) is 17.8. The highest BCUT2D eigenvalue weighted by molar-refractivity contribution is 7.98. The Balaban J connectivity index is 1.74. The van der Waals surface area contributed by atoms with Gasteiger partial charge in [-0.2, -0.15) is 0 Å². The van der Waals surface area contributed by atoms with Gasteiger partial charge in [-0.05, 0) is 24.0 Å². The number of benzene rings is 1. The molecule has 0 atom stereocenters. The topological polar surface area (TPSA) is 87.4 Å². The third kappa shape index (κ3) is 5.07. The molecular formula is C20H26FN3O5S. The second kappa shape index (κ2) is 10.2. The number of morpholine rings is 1. The molecule has 0 radical (unpaired) electrons. The number of hydroxylamine groups is 2. The van der Waals surface area contributed by atoms with Gasteiger partial charge in [0.1, 0.15) is 11.4 Å². The lowest BCUT2D eigenvalue weighted by atomic mass is 10.2. The molecule has 1 fully saturated rings. The Morgan fingerprint density at radius 2 is 2.03 bits per heavy atom. The van der Waals surface area contributed by atoms with Crippen molar-refractivity contribution in [2.75, 3.05) is 46.2 Å². The molecule has 1 saturated heterocycles. The summed E-state index contributed by atoms with van der Waals surface area (Å²) in [5, 5.41) is 21.6. The minimum absolute atomic E-state index is 0.0605. The fraction of sp³-hybridized carbons (Fsp3) is 0.450. The number of amides is 1. The van der Waals surface area contributed by atoms with Crippen LogP contribution in [-0.4, -0.2) is 76.9 Å². The van der Waals surface area contributed by atoms with Crippen LogP contribution in [0.1, 0.15) is 15.9 Å². The van der Waals surface area contributed by atoms with Crippen LogP contribution in [0.3, 0.4) is 0 Å². The maximum atomic E-state index is 13.5. The van der Waals surface area contributed by atoms with Gasteiger partial charge in [0, 0.05) is 37.3 Å². The summed E-state index contributed by atoms with van der Waals surface area (Å²) >= 11 is 1.36. The average Bonchev–Trinajstić information content (AvgIpc) is 3.05. The van der Waals surface area contributed by atoms with Crippen molar-refractivity contribution in [2.45, 2.75) is 18.0 Å². The predicted octanol–water partition coefficient (Wildman–Crippen LogP) is 2.30. The lowest BCUT2D eigenvalue weighted by molar-refractivity contribution is -0.102. The van der Waals surface area contributed by atoms with Crippen LogP contribution in [0.2, 0.25) is 0 Å². The zero-order valence-electron chi connectivity index (χ0n) is 17.0. The Bertz CT molecular complexity index is 886. The van der Waals surface area contributed by atoms with E-state index >= 15 is 0 Å². The molecule has 10 heteroatoms. The second-order valence-corrected chi connectivity index (χ2v) is 7.69. The first-order chi connectivity index (χ1) is 14.4. The molecule has 30 heavy (non-hydrogen) atoms. The number of aromatic hydroxyl groups is 2. The Kier molecular flexibility index (Phi) is 7.59. The maximum Gasteiger partial charge on any atom is 0.283 e. The number of thioether (sulfide) groups is 1. The number of hydrogen-bond acceptors (Lipinski definition) is 7. The number of carbonyl (C=O) groups excluding carboxylic acids is 1. The van der Waals surface area contributed by atoms with E-state index in [0.717, 1.165) is 18.2 Å². The van der Waals surface area contributed by atoms with Crippen molar-refractivity contribution in [1.29, 1.82) is 0 Å². The van der Waals surface area contributed by atoms with Gasteiger partial charge in [-0.25, -0.2) is 9.45 Å². The number of rotatable bonds is 8. The fourth-order valence-corrected chi connectivity index (χ4v) is 3.92. The number of halogens is 1. The van der Waals surface area contributed by atoms with Gasteiger partial charge in [-0.15, -0.1) is 11.8 Å². The summed E-state index contributed by atoms with van der Waals surface area (Å²) in [7, 11) is 1.34. The molecule has 2 N–H and O–H groups in total. The van der Waals surface area contributed by atoms with E-state index in [1.165, 1.54) is 41.8 Å². The molecule has 2 heterocycles. The van der Waals surface area contributed by atoms with Crippen LogP contribution in [0, 0.1) is 5.82 Å². The van der Waals surface area contributed by atoms with Crippen molar-refractivity contribution in [3.8, 4) is 11.6 Å². The van der Waals surface area contributed by atoms with Gasteiger partial charge in [0.05, 0.1) is 26.9 Å². The van der Waals surface area contributed by atoms with Crippen molar-refractivity contribution < 1.29 is 29.0 Å². The highest BCUT2D eigenvalue weighted by Crippen LogP contribution is 2.33. The number of carbonyl (C=O) groups is 1. The van der Waals surface area contributed by atoms with Crippen LogP contribution < -0.4 is 0 Å². The highest BCUT2D eigenvalue weighted by atomic mass is 32.2. The predicted molar refractivity (Wildman–Crippen MR) is 110 cm³/mol. The smallest absolute Gasteiger partial charge is 0.283 e.